The number of hydrogen-bond donors (Lipinski definition) is 2. The van der Waals surface area contributed by atoms with Gasteiger partial charge in [0.1, 0.15) is 23.6 Å². The third-order valence-corrected chi connectivity index (χ3v) is 4.78. The molecule has 158 valence electrons. The molecule has 0 radical (unpaired) electrons. The molecule has 0 bridgehead atoms. The summed E-state index contributed by atoms with van der Waals surface area (Å²) in [5, 5.41) is 12.8. The van der Waals surface area contributed by atoms with Gasteiger partial charge in [-0.05, 0) is 47.1 Å². The van der Waals surface area contributed by atoms with E-state index < -0.39 is 41.2 Å². The third kappa shape index (κ3) is 4.85. The smallest absolute Gasteiger partial charge is 0.338 e. The molecule has 0 aliphatic rings. The summed E-state index contributed by atoms with van der Waals surface area (Å²) in [5.74, 6) is -4.60. The van der Waals surface area contributed by atoms with Crippen molar-refractivity contribution in [3.8, 4) is 6.07 Å². The van der Waals surface area contributed by atoms with Gasteiger partial charge in [0.2, 0.25) is 0 Å². The van der Waals surface area contributed by atoms with Crippen molar-refractivity contribution in [2.24, 2.45) is 7.05 Å². The van der Waals surface area contributed by atoms with Gasteiger partial charge < -0.3 is 15.2 Å². The van der Waals surface area contributed by atoms with Gasteiger partial charge in [-0.25, -0.2) is 4.39 Å². The van der Waals surface area contributed by atoms with Crippen molar-refractivity contribution in [3.63, 3.8) is 0 Å². The van der Waals surface area contributed by atoms with Gasteiger partial charge in [-0.15, -0.1) is 0 Å². The predicted octanol–water partition coefficient (Wildman–Crippen LogP) is 3.30. The second kappa shape index (κ2) is 8.66. The van der Waals surface area contributed by atoms with E-state index in [4.69, 9.17) is 5.26 Å². The van der Waals surface area contributed by atoms with Gasteiger partial charge in [0.25, 0.3) is 17.6 Å². The van der Waals surface area contributed by atoms with Crippen molar-refractivity contribution in [1.82, 2.24) is 9.88 Å². The van der Waals surface area contributed by atoms with Crippen LogP contribution >= 0.6 is 15.9 Å². The summed E-state index contributed by atoms with van der Waals surface area (Å²) in [6, 6.07) is 3.62. The molecule has 1 atom stereocenters. The quantitative estimate of drug-likeness (QED) is 0.382. The fourth-order valence-electron chi connectivity index (χ4n) is 2.36. The van der Waals surface area contributed by atoms with Crippen molar-refractivity contribution < 1.29 is 31.9 Å². The molecule has 0 fully saturated rings. The number of rotatable bonds is 5. The topological polar surface area (TPSA) is 104 Å². The summed E-state index contributed by atoms with van der Waals surface area (Å²) < 4.78 is 52.7. The lowest BCUT2D eigenvalue weighted by atomic mass is 10.1. The van der Waals surface area contributed by atoms with E-state index in [1.165, 1.54) is 23.0 Å². The lowest BCUT2D eigenvalue weighted by Gasteiger charge is -2.16. The molecule has 1 aromatic heterocycles. The highest BCUT2D eigenvalue weighted by molar-refractivity contribution is 9.10. The Morgan fingerprint density at radius 2 is 1.87 bits per heavy atom. The number of nitriles is 1. The van der Waals surface area contributed by atoms with Crippen LogP contribution in [0.2, 0.25) is 0 Å². The van der Waals surface area contributed by atoms with Crippen molar-refractivity contribution >= 4 is 39.2 Å². The van der Waals surface area contributed by atoms with Crippen LogP contribution in [0.4, 0.5) is 23.2 Å². The van der Waals surface area contributed by atoms with Crippen molar-refractivity contribution in [2.45, 2.75) is 19.1 Å². The number of alkyl halides is 3. The Bertz CT molecular complexity index is 1070. The van der Waals surface area contributed by atoms with E-state index in [0.29, 0.717) is 6.92 Å². The van der Waals surface area contributed by atoms with Crippen LogP contribution in [-0.2, 0) is 11.8 Å². The number of carbonyl (C=O) groups excluding carboxylic acids is 3. The van der Waals surface area contributed by atoms with Crippen LogP contribution in [0, 0.1) is 17.1 Å². The third-order valence-electron chi connectivity index (χ3n) is 4.02. The molecule has 2 N–H and O–H groups in total. The zero-order valence-electron chi connectivity index (χ0n) is 15.4. The molecular weight excluding hydrogens is 476 g/mol. The van der Waals surface area contributed by atoms with E-state index in [0.717, 1.165) is 18.2 Å². The Balaban J connectivity index is 2.34. The Labute approximate surface area is 175 Å². The monoisotopic (exact) mass is 488 g/mol. The van der Waals surface area contributed by atoms with E-state index >= 15 is 0 Å². The number of amides is 2. The van der Waals surface area contributed by atoms with Crippen molar-refractivity contribution in [1.29, 1.82) is 5.26 Å². The Kier molecular flexibility index (Phi) is 6.66. The summed E-state index contributed by atoms with van der Waals surface area (Å²) in [6.45, 7) is 0.668. The zero-order valence-corrected chi connectivity index (χ0v) is 17.0. The molecule has 2 amide bonds. The number of aromatic nitrogens is 1. The molecule has 1 heterocycles. The number of nitrogens with one attached hydrogen (secondary N) is 2. The lowest BCUT2D eigenvalue weighted by molar-refractivity contribution is -0.156. The molecule has 0 unspecified atom stereocenters. The van der Waals surface area contributed by atoms with E-state index in [1.807, 2.05) is 0 Å². The van der Waals surface area contributed by atoms with Gasteiger partial charge in [0.15, 0.2) is 0 Å². The SMILES string of the molecule is C[C@@H](NC(=O)C(=O)c1cc(Br)n(C)c1C(=O)Nc1ccc(F)c(C#N)c1)C(F)(F)F. The van der Waals surface area contributed by atoms with Crippen LogP contribution in [0.15, 0.2) is 28.9 Å². The van der Waals surface area contributed by atoms with Crippen molar-refractivity contribution in [3.05, 3.63) is 51.5 Å². The fraction of sp³-hybridized carbons (Fsp3) is 0.222. The Morgan fingerprint density at radius 1 is 1.23 bits per heavy atom. The van der Waals surface area contributed by atoms with Crippen molar-refractivity contribution in [2.75, 3.05) is 5.32 Å². The van der Waals surface area contributed by atoms with Crippen LogP contribution in [0.5, 0.6) is 0 Å². The number of benzene rings is 1. The van der Waals surface area contributed by atoms with Crippen LogP contribution in [0.25, 0.3) is 0 Å². The molecule has 0 saturated carbocycles. The fourth-order valence-corrected chi connectivity index (χ4v) is 2.77. The molecule has 0 spiro atoms. The minimum absolute atomic E-state index is 0.0313. The van der Waals surface area contributed by atoms with E-state index in [-0.39, 0.29) is 21.5 Å². The highest BCUT2D eigenvalue weighted by atomic mass is 79.9. The molecular formula is C18H13BrF4N4O3. The first-order chi connectivity index (χ1) is 13.9. The molecule has 2 aromatic rings. The van der Waals surface area contributed by atoms with E-state index in [1.54, 1.807) is 6.07 Å². The molecule has 0 aliphatic heterocycles. The van der Waals surface area contributed by atoms with Gasteiger partial charge in [0, 0.05) is 12.7 Å². The summed E-state index contributed by atoms with van der Waals surface area (Å²) in [6.07, 6.45) is -4.76. The largest absolute Gasteiger partial charge is 0.408 e. The van der Waals surface area contributed by atoms with Gasteiger partial charge in [-0.1, -0.05) is 0 Å². The molecule has 1 aromatic carbocycles. The first-order valence-corrected chi connectivity index (χ1v) is 8.94. The molecule has 0 saturated heterocycles. The zero-order chi connectivity index (χ0) is 22.8. The van der Waals surface area contributed by atoms with Gasteiger partial charge in [0.05, 0.1) is 15.7 Å². The first-order valence-electron chi connectivity index (χ1n) is 8.15. The second-order valence-corrected chi connectivity index (χ2v) is 6.93. The highest BCUT2D eigenvalue weighted by Gasteiger charge is 2.38. The summed E-state index contributed by atoms with van der Waals surface area (Å²) in [5.41, 5.74) is -1.08. The number of halogens is 5. The first kappa shape index (κ1) is 23.1. The summed E-state index contributed by atoms with van der Waals surface area (Å²) in [7, 11) is 1.37. The Hall–Kier alpha value is -3.20. The maximum absolute atomic E-state index is 13.4. The number of anilines is 1. The Morgan fingerprint density at radius 3 is 2.43 bits per heavy atom. The second-order valence-electron chi connectivity index (χ2n) is 6.11. The minimum atomic E-state index is -4.76. The average Bonchev–Trinajstić information content (AvgIpc) is 2.96. The highest BCUT2D eigenvalue weighted by Crippen LogP contribution is 2.24. The van der Waals surface area contributed by atoms with Crippen LogP contribution in [0.1, 0.15) is 33.3 Å². The normalized spacial score (nSPS) is 12.1. The number of ketones is 1. The molecule has 30 heavy (non-hydrogen) atoms. The molecule has 12 heteroatoms. The average molecular weight is 489 g/mol. The molecule has 7 nitrogen and oxygen atoms in total. The molecule has 0 aliphatic carbocycles. The van der Waals surface area contributed by atoms with E-state index in [2.05, 4.69) is 21.2 Å². The molecule has 2 rings (SSSR count). The minimum Gasteiger partial charge on any atom is -0.338 e. The van der Waals surface area contributed by atoms with E-state index in [9.17, 15) is 31.9 Å². The number of Topliss-reactive ketones (excluding diaryl/α,β-unsaturated/α-hetero) is 1. The van der Waals surface area contributed by atoms with Crippen LogP contribution in [-0.4, -0.2) is 34.4 Å². The number of hydrogen-bond acceptors (Lipinski definition) is 4. The van der Waals surface area contributed by atoms with Crippen LogP contribution < -0.4 is 10.6 Å². The van der Waals surface area contributed by atoms with Crippen LogP contribution in [0.3, 0.4) is 0 Å². The summed E-state index contributed by atoms with van der Waals surface area (Å²) in [4.78, 5) is 37.1. The van der Waals surface area contributed by atoms with Gasteiger partial charge >= 0.3 is 6.18 Å². The standard InChI is InChI=1S/C18H13BrF4N4O3/c1-8(18(21,22)23)25-17(30)15(28)11-6-13(19)27(2)14(11)16(29)26-10-3-4-12(20)9(5-10)7-24/h3-6,8H,1-2H3,(H,25,30)(H,26,29)/t8-/m1/s1. The predicted molar refractivity (Wildman–Crippen MR) is 100 cm³/mol. The summed E-state index contributed by atoms with van der Waals surface area (Å²) >= 11 is 3.08. The number of nitrogens with zero attached hydrogens (tertiary/aromatic N) is 2. The maximum Gasteiger partial charge on any atom is 0.408 e. The van der Waals surface area contributed by atoms with Gasteiger partial charge in [-0.3, -0.25) is 14.4 Å². The maximum atomic E-state index is 13.4. The van der Waals surface area contributed by atoms with Gasteiger partial charge in [-0.2, -0.15) is 18.4 Å². The lowest BCUT2D eigenvalue weighted by Crippen LogP contribution is -2.46. The number of carbonyl (C=O) groups is 3.